The highest BCUT2D eigenvalue weighted by atomic mass is 19.5. The van der Waals surface area contributed by atoms with Gasteiger partial charge in [0.05, 0.1) is 17.5 Å². The van der Waals surface area contributed by atoms with Gasteiger partial charge in [0.15, 0.2) is 5.71 Å². The number of allylic oxidation sites excluding steroid dienone is 1. The summed E-state index contributed by atoms with van der Waals surface area (Å²) in [5.74, 6) is 0.935. The van der Waals surface area contributed by atoms with Crippen molar-refractivity contribution in [1.82, 2.24) is 4.57 Å². The summed E-state index contributed by atoms with van der Waals surface area (Å²) < 4.78 is 49.8. The molecular formula is C29H31BF4N2O. The first-order valence-corrected chi connectivity index (χ1v) is 12.4. The number of ether oxygens (including phenoxy) is 1. The van der Waals surface area contributed by atoms with Crippen LogP contribution in [-0.2, 0) is 12.0 Å². The van der Waals surface area contributed by atoms with E-state index in [0.717, 1.165) is 17.9 Å². The van der Waals surface area contributed by atoms with Crippen molar-refractivity contribution in [1.29, 1.82) is 0 Å². The molecule has 0 radical (unpaired) electrons. The van der Waals surface area contributed by atoms with Gasteiger partial charge in [-0.15, -0.1) is 0 Å². The molecule has 3 nitrogen and oxygen atoms in total. The highest BCUT2D eigenvalue weighted by Crippen LogP contribution is 2.40. The molecule has 0 fully saturated rings. The Balaban J connectivity index is 0.000000586. The lowest BCUT2D eigenvalue weighted by molar-refractivity contribution is -0.401. The van der Waals surface area contributed by atoms with Crippen LogP contribution in [0.4, 0.5) is 23.0 Å². The van der Waals surface area contributed by atoms with Crippen LogP contribution in [-0.4, -0.2) is 35.8 Å². The molecule has 1 aromatic heterocycles. The molecule has 1 aliphatic rings. The molecule has 5 rings (SSSR count). The summed E-state index contributed by atoms with van der Waals surface area (Å²) in [6, 6.07) is 21.9. The lowest BCUT2D eigenvalue weighted by Crippen LogP contribution is -2.26. The zero-order valence-corrected chi connectivity index (χ0v) is 21.7. The Morgan fingerprint density at radius 2 is 1.54 bits per heavy atom. The quantitative estimate of drug-likeness (QED) is 0.150. The summed E-state index contributed by atoms with van der Waals surface area (Å²) >= 11 is 0. The minimum atomic E-state index is -6.00. The van der Waals surface area contributed by atoms with Gasteiger partial charge in [-0.2, -0.15) is 4.58 Å². The molecule has 37 heavy (non-hydrogen) atoms. The predicted octanol–water partition coefficient (Wildman–Crippen LogP) is 8.23. The third kappa shape index (κ3) is 5.15. The number of aryl methyl sites for hydroxylation is 1. The van der Waals surface area contributed by atoms with Crippen molar-refractivity contribution in [2.75, 3.05) is 13.7 Å². The molecule has 0 N–H and O–H groups in total. The SMILES string of the molecule is CCOc1cc2c(cc1C=CC1=[N+](C)c3ccccc3C1(C)C)c1ccccc1n2CC.F[B-](F)(F)F. The van der Waals surface area contributed by atoms with E-state index < -0.39 is 7.25 Å². The van der Waals surface area contributed by atoms with E-state index in [0.29, 0.717) is 6.61 Å². The van der Waals surface area contributed by atoms with E-state index in [4.69, 9.17) is 4.74 Å². The number of para-hydroxylation sites is 2. The summed E-state index contributed by atoms with van der Waals surface area (Å²) in [5, 5.41) is 2.57. The first kappa shape index (κ1) is 26.5. The van der Waals surface area contributed by atoms with E-state index >= 15 is 0 Å². The third-order valence-corrected chi connectivity index (χ3v) is 6.88. The van der Waals surface area contributed by atoms with Crippen LogP contribution in [0.1, 0.15) is 38.8 Å². The van der Waals surface area contributed by atoms with E-state index in [1.165, 1.54) is 38.8 Å². The van der Waals surface area contributed by atoms with Gasteiger partial charge in [0, 0.05) is 52.2 Å². The largest absolute Gasteiger partial charge is 0.673 e. The van der Waals surface area contributed by atoms with Crippen molar-refractivity contribution >= 4 is 46.5 Å². The van der Waals surface area contributed by atoms with E-state index in [9.17, 15) is 17.3 Å². The maximum absolute atomic E-state index is 9.75. The van der Waals surface area contributed by atoms with Gasteiger partial charge in [-0.1, -0.05) is 36.4 Å². The molecular weight excluding hydrogens is 479 g/mol. The zero-order chi connectivity index (χ0) is 27.0. The molecule has 8 heteroatoms. The molecule has 0 aliphatic carbocycles. The van der Waals surface area contributed by atoms with Gasteiger partial charge in [0.1, 0.15) is 12.8 Å². The van der Waals surface area contributed by atoms with E-state index in [1.54, 1.807) is 0 Å². The molecule has 194 valence electrons. The summed E-state index contributed by atoms with van der Waals surface area (Å²) in [6.45, 7) is 10.4. The second-order valence-corrected chi connectivity index (χ2v) is 9.52. The summed E-state index contributed by atoms with van der Waals surface area (Å²) in [7, 11) is -3.84. The van der Waals surface area contributed by atoms with Crippen molar-refractivity contribution in [2.45, 2.75) is 39.7 Å². The number of fused-ring (bicyclic) bond motifs is 4. The Morgan fingerprint density at radius 3 is 2.19 bits per heavy atom. The normalized spacial score (nSPS) is 14.8. The number of hydrogen-bond acceptors (Lipinski definition) is 1. The monoisotopic (exact) mass is 510 g/mol. The maximum atomic E-state index is 9.75. The highest BCUT2D eigenvalue weighted by Gasteiger charge is 2.42. The molecule has 3 aromatic carbocycles. The second-order valence-electron chi connectivity index (χ2n) is 9.52. The molecule has 0 atom stereocenters. The fourth-order valence-corrected chi connectivity index (χ4v) is 5.31. The second kappa shape index (κ2) is 10.1. The number of nitrogens with zero attached hydrogens (tertiary/aromatic N) is 2. The van der Waals surface area contributed by atoms with Crippen LogP contribution < -0.4 is 4.74 Å². The molecule has 1 aliphatic heterocycles. The van der Waals surface area contributed by atoms with Crippen LogP contribution in [0.15, 0.2) is 66.7 Å². The van der Waals surface area contributed by atoms with E-state index in [2.05, 4.69) is 110 Å². The van der Waals surface area contributed by atoms with Crippen LogP contribution in [0.5, 0.6) is 5.75 Å². The molecule has 4 aromatic rings. The zero-order valence-electron chi connectivity index (χ0n) is 21.7. The van der Waals surface area contributed by atoms with Crippen molar-refractivity contribution in [3.05, 3.63) is 77.9 Å². The van der Waals surface area contributed by atoms with Gasteiger partial charge in [0.25, 0.3) is 0 Å². The molecule has 0 amide bonds. The minimum Gasteiger partial charge on any atom is -0.493 e. The maximum Gasteiger partial charge on any atom is 0.673 e. The van der Waals surface area contributed by atoms with Gasteiger partial charge >= 0.3 is 7.25 Å². The van der Waals surface area contributed by atoms with Gasteiger partial charge in [0.2, 0.25) is 5.69 Å². The van der Waals surface area contributed by atoms with Crippen molar-refractivity contribution in [2.24, 2.45) is 0 Å². The Bertz CT molecular complexity index is 1510. The lowest BCUT2D eigenvalue weighted by atomic mass is 9.81. The Labute approximate surface area is 214 Å². The number of aromatic nitrogens is 1. The van der Waals surface area contributed by atoms with Crippen molar-refractivity contribution in [3.63, 3.8) is 0 Å². The minimum absolute atomic E-state index is 0.0457. The molecule has 0 saturated carbocycles. The van der Waals surface area contributed by atoms with Crippen LogP contribution in [0.3, 0.4) is 0 Å². The first-order chi connectivity index (χ1) is 17.5. The first-order valence-electron chi connectivity index (χ1n) is 12.4. The highest BCUT2D eigenvalue weighted by molar-refractivity contribution is 6.50. The summed E-state index contributed by atoms with van der Waals surface area (Å²) in [4.78, 5) is 0. The van der Waals surface area contributed by atoms with Crippen LogP contribution in [0.25, 0.3) is 27.9 Å². The van der Waals surface area contributed by atoms with E-state index in [-0.39, 0.29) is 5.41 Å². The molecule has 0 bridgehead atoms. The van der Waals surface area contributed by atoms with E-state index in [1.807, 2.05) is 6.92 Å². The predicted molar refractivity (Wildman–Crippen MR) is 146 cm³/mol. The fourth-order valence-electron chi connectivity index (χ4n) is 5.31. The number of rotatable bonds is 5. The number of halogens is 4. The van der Waals surface area contributed by atoms with Crippen LogP contribution >= 0.6 is 0 Å². The molecule has 0 spiro atoms. The third-order valence-electron chi connectivity index (χ3n) is 6.88. The molecule has 2 heterocycles. The van der Waals surface area contributed by atoms with Crippen molar-refractivity contribution < 1.29 is 26.6 Å². The standard InChI is InChI=1S/C29H31N2O.BF4/c1-6-31-24-14-10-8-12-21(24)22-18-20(27(32-7-2)19-26(22)31)16-17-28-29(3,4)23-13-9-11-15-25(23)30(28)5;2-1(3,4)5/h8-19H,6-7H2,1-5H3;/q+1;-1. The summed E-state index contributed by atoms with van der Waals surface area (Å²) in [5.41, 5.74) is 7.51. The van der Waals surface area contributed by atoms with Gasteiger partial charge in [-0.3, -0.25) is 0 Å². The van der Waals surface area contributed by atoms with Gasteiger partial charge < -0.3 is 26.6 Å². The summed E-state index contributed by atoms with van der Waals surface area (Å²) in [6.07, 6.45) is 4.49. The fraction of sp³-hybridized carbons (Fsp3) is 0.276. The topological polar surface area (TPSA) is 17.2 Å². The van der Waals surface area contributed by atoms with Gasteiger partial charge in [-0.05, 0) is 45.9 Å². The Hall–Kier alpha value is -3.55. The van der Waals surface area contributed by atoms with Gasteiger partial charge in [-0.25, -0.2) is 0 Å². The average molecular weight is 510 g/mol. The Kier molecular flexibility index (Phi) is 7.22. The molecule has 0 unspecified atom stereocenters. The lowest BCUT2D eigenvalue weighted by Gasteiger charge is -2.15. The van der Waals surface area contributed by atoms with Crippen molar-refractivity contribution in [3.8, 4) is 5.75 Å². The number of hydrogen-bond donors (Lipinski definition) is 0. The average Bonchev–Trinajstić information content (AvgIpc) is 3.25. The Morgan fingerprint density at radius 1 is 0.892 bits per heavy atom. The van der Waals surface area contributed by atoms with Crippen LogP contribution in [0, 0.1) is 0 Å². The smallest absolute Gasteiger partial charge is 0.493 e. The van der Waals surface area contributed by atoms with Crippen LogP contribution in [0.2, 0.25) is 0 Å². The number of benzene rings is 3. The molecule has 0 saturated heterocycles.